The fourth-order valence-corrected chi connectivity index (χ4v) is 3.68. The molecular formula is C24H24ClN3O2S. The Morgan fingerprint density at radius 1 is 1.06 bits per heavy atom. The predicted molar refractivity (Wildman–Crippen MR) is 130 cm³/mol. The van der Waals surface area contributed by atoms with Crippen molar-refractivity contribution < 1.29 is 9.47 Å². The third-order valence-electron chi connectivity index (χ3n) is 4.37. The molecule has 2 N–H and O–H groups in total. The predicted octanol–water partition coefficient (Wildman–Crippen LogP) is 5.82. The Balaban J connectivity index is 1.63. The average Bonchev–Trinajstić information content (AvgIpc) is 2.78. The summed E-state index contributed by atoms with van der Waals surface area (Å²) in [5, 5.41) is 9.16. The Morgan fingerprint density at radius 3 is 2.58 bits per heavy atom. The molecule has 5 nitrogen and oxygen atoms in total. The Hall–Kier alpha value is -2.96. The maximum Gasteiger partial charge on any atom is 0.180 e. The number of aryl methyl sites for hydroxylation is 1. The molecule has 0 aliphatic carbocycles. The van der Waals surface area contributed by atoms with E-state index in [9.17, 15) is 0 Å². The van der Waals surface area contributed by atoms with Crippen molar-refractivity contribution in [1.82, 2.24) is 0 Å². The standard InChI is InChI=1S/C24H24ClN3O2S/c1-17-8-10-23(21(25)12-17)30-15-20-13-19(9-11-22(20)29-2)14-27-28-24(26)31-16-18-6-4-3-5-7-18/h3-14H,15-16H2,1-2H3,(H2,26,28). The summed E-state index contributed by atoms with van der Waals surface area (Å²) < 4.78 is 11.3. The van der Waals surface area contributed by atoms with Gasteiger partial charge in [-0.25, -0.2) is 0 Å². The van der Waals surface area contributed by atoms with Gasteiger partial charge in [0, 0.05) is 11.3 Å². The van der Waals surface area contributed by atoms with E-state index in [-0.39, 0.29) is 0 Å². The number of nitrogens with two attached hydrogens (primary N) is 1. The van der Waals surface area contributed by atoms with Crippen LogP contribution < -0.4 is 15.2 Å². The number of methoxy groups -OCH3 is 1. The summed E-state index contributed by atoms with van der Waals surface area (Å²) in [5.74, 6) is 2.10. The second kappa shape index (κ2) is 11.4. The van der Waals surface area contributed by atoms with Crippen LogP contribution >= 0.6 is 23.4 Å². The van der Waals surface area contributed by atoms with Gasteiger partial charge in [-0.1, -0.05) is 59.8 Å². The topological polar surface area (TPSA) is 69.2 Å². The Morgan fingerprint density at radius 2 is 1.84 bits per heavy atom. The van der Waals surface area contributed by atoms with E-state index in [4.69, 9.17) is 26.8 Å². The minimum Gasteiger partial charge on any atom is -0.496 e. The molecule has 0 bridgehead atoms. The molecule has 0 atom stereocenters. The normalized spacial score (nSPS) is 11.6. The maximum absolute atomic E-state index is 6.26. The van der Waals surface area contributed by atoms with Crippen LogP contribution in [0, 0.1) is 6.92 Å². The van der Waals surface area contributed by atoms with Crippen molar-refractivity contribution >= 4 is 34.7 Å². The molecule has 3 rings (SSSR count). The second-order valence-electron chi connectivity index (χ2n) is 6.75. The van der Waals surface area contributed by atoms with Crippen LogP contribution in [0.3, 0.4) is 0 Å². The summed E-state index contributed by atoms with van der Waals surface area (Å²) in [6.07, 6.45) is 1.65. The number of amidine groups is 1. The SMILES string of the molecule is COc1ccc(C=NN=C(N)SCc2ccccc2)cc1COc1ccc(C)cc1Cl. The van der Waals surface area contributed by atoms with Gasteiger partial charge in [0.15, 0.2) is 5.17 Å². The number of benzene rings is 3. The summed E-state index contributed by atoms with van der Waals surface area (Å²) in [7, 11) is 1.63. The van der Waals surface area contributed by atoms with Gasteiger partial charge in [-0.05, 0) is 53.9 Å². The van der Waals surface area contributed by atoms with Crippen LogP contribution in [0.15, 0.2) is 76.9 Å². The van der Waals surface area contributed by atoms with E-state index in [1.54, 1.807) is 13.3 Å². The van der Waals surface area contributed by atoms with Gasteiger partial charge in [-0.15, -0.1) is 5.10 Å². The minimum atomic E-state index is 0.311. The first-order chi connectivity index (χ1) is 15.0. The molecule has 0 heterocycles. The van der Waals surface area contributed by atoms with Crippen molar-refractivity contribution in [3.63, 3.8) is 0 Å². The van der Waals surface area contributed by atoms with E-state index in [1.165, 1.54) is 17.3 Å². The van der Waals surface area contributed by atoms with Gasteiger partial charge in [0.2, 0.25) is 0 Å². The van der Waals surface area contributed by atoms with Crippen LogP contribution in [0.1, 0.15) is 22.3 Å². The van der Waals surface area contributed by atoms with E-state index in [2.05, 4.69) is 10.2 Å². The first-order valence-corrected chi connectivity index (χ1v) is 11.0. The molecule has 3 aromatic carbocycles. The van der Waals surface area contributed by atoms with Crippen LogP contribution in [-0.2, 0) is 12.4 Å². The highest BCUT2D eigenvalue weighted by molar-refractivity contribution is 8.13. The van der Waals surface area contributed by atoms with Gasteiger partial charge in [0.05, 0.1) is 18.3 Å². The highest BCUT2D eigenvalue weighted by Gasteiger charge is 2.07. The van der Waals surface area contributed by atoms with Crippen molar-refractivity contribution in [3.05, 3.63) is 94.0 Å². The summed E-state index contributed by atoms with van der Waals surface area (Å²) in [4.78, 5) is 0. The monoisotopic (exact) mass is 453 g/mol. The molecule has 0 amide bonds. The molecule has 0 radical (unpaired) electrons. The van der Waals surface area contributed by atoms with Crippen molar-refractivity contribution in [3.8, 4) is 11.5 Å². The lowest BCUT2D eigenvalue weighted by Gasteiger charge is -2.12. The zero-order valence-corrected chi connectivity index (χ0v) is 19.0. The highest BCUT2D eigenvalue weighted by atomic mass is 35.5. The number of rotatable bonds is 8. The van der Waals surface area contributed by atoms with Crippen LogP contribution in [-0.4, -0.2) is 18.5 Å². The largest absolute Gasteiger partial charge is 0.496 e. The van der Waals surface area contributed by atoms with Gasteiger partial charge in [-0.2, -0.15) is 5.10 Å². The molecule has 3 aromatic rings. The summed E-state index contributed by atoms with van der Waals surface area (Å²) in [6, 6.07) is 21.5. The molecule has 0 aliphatic heterocycles. The molecule has 0 unspecified atom stereocenters. The van der Waals surface area contributed by atoms with Crippen LogP contribution in [0.25, 0.3) is 0 Å². The molecule has 0 spiro atoms. The Bertz CT molecular complexity index is 1070. The fraction of sp³-hybridized carbons (Fsp3) is 0.167. The smallest absolute Gasteiger partial charge is 0.180 e. The number of ether oxygens (including phenoxy) is 2. The van der Waals surface area contributed by atoms with Gasteiger partial charge >= 0.3 is 0 Å². The van der Waals surface area contributed by atoms with Crippen molar-refractivity contribution in [2.45, 2.75) is 19.3 Å². The van der Waals surface area contributed by atoms with E-state index in [0.717, 1.165) is 28.2 Å². The fourth-order valence-electron chi connectivity index (χ4n) is 2.78. The maximum atomic E-state index is 6.26. The summed E-state index contributed by atoms with van der Waals surface area (Å²) in [5.41, 5.74) is 9.94. The Kier molecular flexibility index (Phi) is 8.38. The molecule has 0 fully saturated rings. The number of hydrogen-bond acceptors (Lipinski definition) is 5. The number of halogens is 1. The zero-order valence-electron chi connectivity index (χ0n) is 17.4. The van der Waals surface area contributed by atoms with Crippen molar-refractivity contribution in [1.29, 1.82) is 0 Å². The Labute approximate surface area is 191 Å². The van der Waals surface area contributed by atoms with Gasteiger partial charge < -0.3 is 15.2 Å². The van der Waals surface area contributed by atoms with E-state index < -0.39 is 0 Å². The first-order valence-electron chi connectivity index (χ1n) is 9.64. The highest BCUT2D eigenvalue weighted by Crippen LogP contribution is 2.28. The van der Waals surface area contributed by atoms with Crippen molar-refractivity contribution in [2.24, 2.45) is 15.9 Å². The molecule has 0 aromatic heterocycles. The first kappa shape index (κ1) is 22.7. The van der Waals surface area contributed by atoms with Gasteiger partial charge in [0.25, 0.3) is 0 Å². The lowest BCUT2D eigenvalue weighted by molar-refractivity contribution is 0.297. The van der Waals surface area contributed by atoms with Crippen LogP contribution in [0.4, 0.5) is 0 Å². The number of hydrogen-bond donors (Lipinski definition) is 1. The third-order valence-corrected chi connectivity index (χ3v) is 5.52. The quantitative estimate of drug-likeness (QED) is 0.265. The van der Waals surface area contributed by atoms with Crippen molar-refractivity contribution in [2.75, 3.05) is 7.11 Å². The second-order valence-corrected chi connectivity index (χ2v) is 8.15. The van der Waals surface area contributed by atoms with Gasteiger partial charge in [0.1, 0.15) is 18.1 Å². The molecule has 0 saturated carbocycles. The minimum absolute atomic E-state index is 0.311. The average molecular weight is 454 g/mol. The molecule has 7 heteroatoms. The van der Waals surface area contributed by atoms with Crippen LogP contribution in [0.2, 0.25) is 5.02 Å². The zero-order chi connectivity index (χ0) is 22.1. The lowest BCUT2D eigenvalue weighted by Crippen LogP contribution is -2.06. The molecule has 160 valence electrons. The molecule has 0 aliphatic rings. The molecule has 31 heavy (non-hydrogen) atoms. The van der Waals surface area contributed by atoms with Crippen LogP contribution in [0.5, 0.6) is 11.5 Å². The van der Waals surface area contributed by atoms with E-state index in [0.29, 0.717) is 22.5 Å². The molecule has 0 saturated heterocycles. The van der Waals surface area contributed by atoms with E-state index >= 15 is 0 Å². The lowest BCUT2D eigenvalue weighted by atomic mass is 10.1. The summed E-state index contributed by atoms with van der Waals surface area (Å²) in [6.45, 7) is 2.29. The molecular weight excluding hydrogens is 430 g/mol. The number of thioether (sulfide) groups is 1. The summed E-state index contributed by atoms with van der Waals surface area (Å²) >= 11 is 7.70. The van der Waals surface area contributed by atoms with E-state index in [1.807, 2.05) is 73.7 Å². The third kappa shape index (κ3) is 7.05. The van der Waals surface area contributed by atoms with Gasteiger partial charge in [-0.3, -0.25) is 0 Å². The number of nitrogens with zero attached hydrogens (tertiary/aromatic N) is 2.